The molecule has 0 amide bonds. The fourth-order valence-electron chi connectivity index (χ4n) is 2.75. The number of fused-ring (bicyclic) bond motifs is 1. The third-order valence-electron chi connectivity index (χ3n) is 3.98. The maximum Gasteiger partial charge on any atom is 0.172 e. The Morgan fingerprint density at radius 3 is 2.96 bits per heavy atom. The van der Waals surface area contributed by atoms with E-state index in [0.29, 0.717) is 18.1 Å². The largest absolute Gasteiger partial charge is 0.336 e. The van der Waals surface area contributed by atoms with Crippen LogP contribution in [-0.4, -0.2) is 33.1 Å². The highest BCUT2D eigenvalue weighted by molar-refractivity contribution is 9.09. The van der Waals surface area contributed by atoms with Gasteiger partial charge in [-0.2, -0.15) is 0 Å². The van der Waals surface area contributed by atoms with Crippen molar-refractivity contribution >= 4 is 44.9 Å². The Morgan fingerprint density at radius 1 is 1.28 bits per heavy atom. The Bertz CT molecular complexity index is 878. The van der Waals surface area contributed by atoms with Crippen molar-refractivity contribution in [3.63, 3.8) is 0 Å². The van der Waals surface area contributed by atoms with Crippen LogP contribution >= 0.6 is 27.5 Å². The van der Waals surface area contributed by atoms with Gasteiger partial charge in [-0.1, -0.05) is 51.8 Å². The van der Waals surface area contributed by atoms with E-state index in [2.05, 4.69) is 36.1 Å². The molecule has 0 saturated carbocycles. The van der Waals surface area contributed by atoms with Gasteiger partial charge in [0.15, 0.2) is 11.7 Å². The van der Waals surface area contributed by atoms with Crippen LogP contribution in [0.3, 0.4) is 0 Å². The minimum absolute atomic E-state index is 0.116. The van der Waals surface area contributed by atoms with Crippen molar-refractivity contribution in [3.8, 4) is 0 Å². The van der Waals surface area contributed by atoms with E-state index < -0.39 is 0 Å². The molecule has 1 atom stereocenters. The molecule has 4 rings (SSSR count). The number of hydrogen-bond donors (Lipinski definition) is 1. The predicted molar refractivity (Wildman–Crippen MR) is 105 cm³/mol. The first-order chi connectivity index (χ1) is 12.2. The number of aliphatic imine (C=N–C) groups is 2. The second kappa shape index (κ2) is 6.98. The molecule has 2 aliphatic heterocycles. The normalized spacial score (nSPS) is 20.8. The van der Waals surface area contributed by atoms with Crippen molar-refractivity contribution in [1.82, 2.24) is 15.2 Å². The van der Waals surface area contributed by atoms with Gasteiger partial charge in [0.1, 0.15) is 4.95 Å². The summed E-state index contributed by atoms with van der Waals surface area (Å²) in [5, 5.41) is 4.08. The molecule has 7 heteroatoms. The fourth-order valence-corrected chi connectivity index (χ4v) is 3.44. The Balaban J connectivity index is 1.69. The molecule has 0 bridgehead atoms. The zero-order chi connectivity index (χ0) is 17.2. The highest BCUT2D eigenvalue weighted by Crippen LogP contribution is 2.28. The van der Waals surface area contributed by atoms with E-state index in [1.807, 2.05) is 48.8 Å². The third-order valence-corrected chi connectivity index (χ3v) is 5.04. The van der Waals surface area contributed by atoms with Crippen LogP contribution in [0.5, 0.6) is 0 Å². The molecule has 25 heavy (non-hydrogen) atoms. The lowest BCUT2D eigenvalue weighted by Gasteiger charge is -2.29. The highest BCUT2D eigenvalue weighted by atomic mass is 79.9. The van der Waals surface area contributed by atoms with Gasteiger partial charge in [0, 0.05) is 29.2 Å². The minimum Gasteiger partial charge on any atom is -0.336 e. The molecule has 0 saturated heterocycles. The Kier molecular flexibility index (Phi) is 4.55. The molecule has 0 fully saturated rings. The highest BCUT2D eigenvalue weighted by Gasteiger charge is 2.32. The maximum atomic E-state index is 6.37. The van der Waals surface area contributed by atoms with Crippen LogP contribution in [0.4, 0.5) is 0 Å². The SMILES string of the molecule is Clc1ccccc1C1=CN2C(=NCC2Br)C(=NCc2cccnc2)N1. The van der Waals surface area contributed by atoms with Crippen molar-refractivity contribution in [3.05, 3.63) is 71.1 Å². The number of halogens is 2. The van der Waals surface area contributed by atoms with Crippen LogP contribution in [0.15, 0.2) is 65.0 Å². The number of aromatic nitrogens is 1. The minimum atomic E-state index is 0.116. The quantitative estimate of drug-likeness (QED) is 0.613. The van der Waals surface area contributed by atoms with Crippen LogP contribution in [-0.2, 0) is 6.54 Å². The van der Waals surface area contributed by atoms with Gasteiger partial charge in [0.05, 0.1) is 18.8 Å². The summed E-state index contributed by atoms with van der Waals surface area (Å²) in [6.07, 6.45) is 5.60. The fraction of sp³-hybridized carbons (Fsp3) is 0.167. The average Bonchev–Trinajstić information content (AvgIpc) is 3.02. The predicted octanol–water partition coefficient (Wildman–Crippen LogP) is 3.67. The first kappa shape index (κ1) is 16.3. The maximum absolute atomic E-state index is 6.37. The zero-order valence-electron chi connectivity index (χ0n) is 13.2. The summed E-state index contributed by atoms with van der Waals surface area (Å²) in [4.78, 5) is 15.6. The Morgan fingerprint density at radius 2 is 2.16 bits per heavy atom. The van der Waals surface area contributed by atoms with Crippen molar-refractivity contribution < 1.29 is 0 Å². The third kappa shape index (κ3) is 3.32. The van der Waals surface area contributed by atoms with Gasteiger partial charge in [-0.15, -0.1) is 0 Å². The van der Waals surface area contributed by atoms with E-state index in [1.54, 1.807) is 6.20 Å². The molecule has 0 radical (unpaired) electrons. The molecule has 2 aliphatic rings. The second-order valence-electron chi connectivity index (χ2n) is 5.68. The van der Waals surface area contributed by atoms with Gasteiger partial charge in [-0.3, -0.25) is 15.0 Å². The Labute approximate surface area is 159 Å². The number of pyridine rings is 1. The molecular formula is C18H15BrClN5. The van der Waals surface area contributed by atoms with Crippen molar-refractivity contribution in [2.75, 3.05) is 6.54 Å². The number of benzene rings is 1. The monoisotopic (exact) mass is 415 g/mol. The van der Waals surface area contributed by atoms with Gasteiger partial charge in [0.2, 0.25) is 0 Å². The molecular weight excluding hydrogens is 402 g/mol. The van der Waals surface area contributed by atoms with Crippen LogP contribution in [0, 0.1) is 0 Å². The van der Waals surface area contributed by atoms with Crippen LogP contribution in [0.1, 0.15) is 11.1 Å². The smallest absolute Gasteiger partial charge is 0.172 e. The molecule has 0 spiro atoms. The summed E-state index contributed by atoms with van der Waals surface area (Å²) in [5.41, 5.74) is 2.89. The van der Waals surface area contributed by atoms with Gasteiger partial charge in [-0.05, 0) is 17.7 Å². The van der Waals surface area contributed by atoms with E-state index in [4.69, 9.17) is 16.6 Å². The topological polar surface area (TPSA) is 52.9 Å². The lowest BCUT2D eigenvalue weighted by molar-refractivity contribution is 0.577. The van der Waals surface area contributed by atoms with Crippen LogP contribution in [0.2, 0.25) is 5.02 Å². The molecule has 126 valence electrons. The van der Waals surface area contributed by atoms with Crippen molar-refractivity contribution in [2.45, 2.75) is 11.5 Å². The summed E-state index contributed by atoms with van der Waals surface area (Å²) >= 11 is 10.0. The standard InChI is InChI=1S/C18H15BrClN5/c19-16-10-23-18-17(22-9-12-4-3-7-21-8-12)24-15(11-25(16)18)13-5-1-2-6-14(13)20/h1-8,11,16H,9-10H2,(H,22,24). The Hall–Kier alpha value is -2.18. The molecule has 1 N–H and O–H groups in total. The van der Waals surface area contributed by atoms with E-state index in [9.17, 15) is 0 Å². The second-order valence-corrected chi connectivity index (χ2v) is 7.14. The summed E-state index contributed by atoms with van der Waals surface area (Å²) in [6, 6.07) is 11.7. The number of amidine groups is 2. The number of rotatable bonds is 3. The first-order valence-electron chi connectivity index (χ1n) is 7.87. The molecule has 5 nitrogen and oxygen atoms in total. The average molecular weight is 417 g/mol. The van der Waals surface area contributed by atoms with Gasteiger partial charge >= 0.3 is 0 Å². The molecule has 1 unspecified atom stereocenters. The van der Waals surface area contributed by atoms with Crippen molar-refractivity contribution in [1.29, 1.82) is 0 Å². The molecule has 1 aromatic carbocycles. The molecule has 0 aliphatic carbocycles. The van der Waals surface area contributed by atoms with Crippen LogP contribution < -0.4 is 5.32 Å². The molecule has 1 aromatic heterocycles. The molecule has 3 heterocycles. The number of hydrogen-bond acceptors (Lipinski definition) is 4. The molecule has 2 aromatic rings. The number of nitrogens with one attached hydrogen (secondary N) is 1. The van der Waals surface area contributed by atoms with Gasteiger partial charge in [0.25, 0.3) is 0 Å². The lowest BCUT2D eigenvalue weighted by Crippen LogP contribution is -2.44. The van der Waals surface area contributed by atoms with E-state index in [1.165, 1.54) is 0 Å². The summed E-state index contributed by atoms with van der Waals surface area (Å²) in [5.74, 6) is 1.57. The lowest BCUT2D eigenvalue weighted by atomic mass is 10.1. The van der Waals surface area contributed by atoms with E-state index >= 15 is 0 Å². The summed E-state index contributed by atoms with van der Waals surface area (Å²) in [6.45, 7) is 1.21. The summed E-state index contributed by atoms with van der Waals surface area (Å²) in [7, 11) is 0. The van der Waals surface area contributed by atoms with Gasteiger partial charge < -0.3 is 10.2 Å². The van der Waals surface area contributed by atoms with E-state index in [-0.39, 0.29) is 4.95 Å². The first-order valence-corrected chi connectivity index (χ1v) is 9.16. The van der Waals surface area contributed by atoms with Crippen LogP contribution in [0.25, 0.3) is 5.70 Å². The van der Waals surface area contributed by atoms with E-state index in [0.717, 1.165) is 28.5 Å². The number of alkyl halides is 1. The van der Waals surface area contributed by atoms with Gasteiger partial charge in [-0.25, -0.2) is 0 Å². The number of nitrogens with zero attached hydrogens (tertiary/aromatic N) is 4. The van der Waals surface area contributed by atoms with Crippen molar-refractivity contribution in [2.24, 2.45) is 9.98 Å². The summed E-state index contributed by atoms with van der Waals surface area (Å²) < 4.78 is 0. The zero-order valence-corrected chi connectivity index (χ0v) is 15.6.